The molecule has 0 bridgehead atoms. The third-order valence-electron chi connectivity index (χ3n) is 4.25. The van der Waals surface area contributed by atoms with Crippen molar-refractivity contribution in [3.63, 3.8) is 0 Å². The van der Waals surface area contributed by atoms with Gasteiger partial charge in [0.1, 0.15) is 10.6 Å². The van der Waals surface area contributed by atoms with Crippen LogP contribution in [0.3, 0.4) is 0 Å². The van der Waals surface area contributed by atoms with E-state index in [1.807, 2.05) is 35.7 Å². The molecule has 152 valence electrons. The number of hydrogen-bond donors (Lipinski definition) is 1. The zero-order valence-corrected chi connectivity index (χ0v) is 17.9. The molecular formula is C21H15ClFN3O2S2. The maximum atomic E-state index is 13.8. The highest BCUT2D eigenvalue weighted by Gasteiger charge is 2.15. The lowest BCUT2D eigenvalue weighted by Gasteiger charge is -2.12. The third kappa shape index (κ3) is 4.40. The standard InChI is InChI=1S/C21H15ClFN3O2S2/c22-13-6-7-17(16(23)12-13)24-18(27)9-11-30-21-25-19-15(8-10-29-19)20(28)26(21)14-4-2-1-3-5-14/h1-8,10,12H,9,11H2,(H,24,27). The molecule has 0 spiro atoms. The summed E-state index contributed by atoms with van der Waals surface area (Å²) in [5.41, 5.74) is 0.634. The van der Waals surface area contributed by atoms with Crippen LogP contribution < -0.4 is 10.9 Å². The number of thioether (sulfide) groups is 1. The Morgan fingerprint density at radius 2 is 2.00 bits per heavy atom. The van der Waals surface area contributed by atoms with Gasteiger partial charge in [-0.3, -0.25) is 14.2 Å². The fourth-order valence-corrected chi connectivity index (χ4v) is 4.75. The van der Waals surface area contributed by atoms with Gasteiger partial charge in [-0.1, -0.05) is 41.6 Å². The normalized spacial score (nSPS) is 11.0. The highest BCUT2D eigenvalue weighted by atomic mass is 35.5. The molecule has 0 aliphatic heterocycles. The fraction of sp³-hybridized carbons (Fsp3) is 0.0952. The average Bonchev–Trinajstić information content (AvgIpc) is 3.20. The van der Waals surface area contributed by atoms with Crippen molar-refractivity contribution in [2.75, 3.05) is 11.1 Å². The lowest BCUT2D eigenvalue weighted by atomic mass is 10.3. The summed E-state index contributed by atoms with van der Waals surface area (Å²) in [5.74, 6) is -0.558. The zero-order chi connectivity index (χ0) is 21.1. The van der Waals surface area contributed by atoms with Crippen LogP contribution in [-0.2, 0) is 4.79 Å². The minimum Gasteiger partial charge on any atom is -0.324 e. The van der Waals surface area contributed by atoms with E-state index in [0.29, 0.717) is 26.8 Å². The molecule has 0 saturated carbocycles. The molecular weight excluding hydrogens is 445 g/mol. The van der Waals surface area contributed by atoms with Gasteiger partial charge in [0, 0.05) is 17.2 Å². The summed E-state index contributed by atoms with van der Waals surface area (Å²) < 4.78 is 15.4. The van der Waals surface area contributed by atoms with E-state index in [-0.39, 0.29) is 28.6 Å². The number of hydrogen-bond acceptors (Lipinski definition) is 5. The summed E-state index contributed by atoms with van der Waals surface area (Å²) in [4.78, 5) is 30.5. The number of para-hydroxylation sites is 1. The van der Waals surface area contributed by atoms with E-state index in [1.54, 1.807) is 10.6 Å². The quantitative estimate of drug-likeness (QED) is 0.311. The van der Waals surface area contributed by atoms with Gasteiger partial charge in [-0.15, -0.1) is 11.3 Å². The van der Waals surface area contributed by atoms with E-state index >= 15 is 0 Å². The van der Waals surface area contributed by atoms with Gasteiger partial charge in [0.05, 0.1) is 16.8 Å². The van der Waals surface area contributed by atoms with Gasteiger partial charge in [0.25, 0.3) is 5.56 Å². The molecule has 9 heteroatoms. The second kappa shape index (κ2) is 8.99. The third-order valence-corrected chi connectivity index (χ3v) is 6.23. The highest BCUT2D eigenvalue weighted by Crippen LogP contribution is 2.25. The average molecular weight is 460 g/mol. The van der Waals surface area contributed by atoms with Gasteiger partial charge >= 0.3 is 0 Å². The molecule has 2 aromatic heterocycles. The van der Waals surface area contributed by atoms with E-state index < -0.39 is 5.82 Å². The van der Waals surface area contributed by atoms with Crippen molar-refractivity contribution >= 4 is 56.5 Å². The first-order valence-electron chi connectivity index (χ1n) is 8.96. The van der Waals surface area contributed by atoms with Crippen LogP contribution in [0.4, 0.5) is 10.1 Å². The lowest BCUT2D eigenvalue weighted by Crippen LogP contribution is -2.21. The van der Waals surface area contributed by atoms with Gasteiger partial charge in [-0.25, -0.2) is 9.37 Å². The number of amides is 1. The summed E-state index contributed by atoms with van der Waals surface area (Å²) in [6, 6.07) is 15.1. The van der Waals surface area contributed by atoms with Crippen LogP contribution in [-0.4, -0.2) is 21.2 Å². The van der Waals surface area contributed by atoms with Crippen LogP contribution in [0.25, 0.3) is 15.9 Å². The molecule has 4 rings (SSSR count). The monoisotopic (exact) mass is 459 g/mol. The van der Waals surface area contributed by atoms with Crippen molar-refractivity contribution in [2.24, 2.45) is 0 Å². The first-order valence-corrected chi connectivity index (χ1v) is 11.2. The van der Waals surface area contributed by atoms with Crippen LogP contribution in [0.15, 0.2) is 69.9 Å². The smallest absolute Gasteiger partial charge is 0.267 e. The van der Waals surface area contributed by atoms with Crippen LogP contribution in [0, 0.1) is 5.82 Å². The summed E-state index contributed by atoms with van der Waals surface area (Å²) in [5, 5.41) is 5.69. The molecule has 0 unspecified atom stereocenters. The number of carbonyl (C=O) groups excluding carboxylic acids is 1. The molecule has 4 aromatic rings. The first kappa shape index (κ1) is 20.6. The van der Waals surface area contributed by atoms with Crippen molar-refractivity contribution in [1.29, 1.82) is 0 Å². The predicted octanol–water partition coefficient (Wildman–Crippen LogP) is 5.36. The number of rotatable bonds is 6. The van der Waals surface area contributed by atoms with Crippen molar-refractivity contribution < 1.29 is 9.18 Å². The van der Waals surface area contributed by atoms with Gasteiger partial charge in [0.2, 0.25) is 5.91 Å². The Kier molecular flexibility index (Phi) is 6.17. The molecule has 2 heterocycles. The second-order valence-electron chi connectivity index (χ2n) is 6.28. The van der Waals surface area contributed by atoms with Crippen LogP contribution in [0.1, 0.15) is 6.42 Å². The predicted molar refractivity (Wildman–Crippen MR) is 121 cm³/mol. The van der Waals surface area contributed by atoms with Crippen LogP contribution in [0.2, 0.25) is 5.02 Å². The van der Waals surface area contributed by atoms with Crippen molar-refractivity contribution in [1.82, 2.24) is 9.55 Å². The minimum absolute atomic E-state index is 0.0775. The van der Waals surface area contributed by atoms with Crippen molar-refractivity contribution in [2.45, 2.75) is 11.6 Å². The van der Waals surface area contributed by atoms with E-state index in [4.69, 9.17) is 11.6 Å². The summed E-state index contributed by atoms with van der Waals surface area (Å²) >= 11 is 8.42. The molecule has 0 fully saturated rings. The Morgan fingerprint density at radius 3 is 2.77 bits per heavy atom. The topological polar surface area (TPSA) is 64.0 Å². The van der Waals surface area contributed by atoms with Gasteiger partial charge in [-0.2, -0.15) is 0 Å². The SMILES string of the molecule is O=C(CCSc1nc2sccc2c(=O)n1-c1ccccc1)Nc1ccc(Cl)cc1F. The summed E-state index contributed by atoms with van der Waals surface area (Å²) in [6.45, 7) is 0. The largest absolute Gasteiger partial charge is 0.324 e. The number of anilines is 1. The first-order chi connectivity index (χ1) is 14.5. The molecule has 2 aromatic carbocycles. The lowest BCUT2D eigenvalue weighted by molar-refractivity contribution is -0.115. The number of aromatic nitrogens is 2. The summed E-state index contributed by atoms with van der Waals surface area (Å²) in [6.07, 6.45) is 0.125. The Morgan fingerprint density at radius 1 is 1.20 bits per heavy atom. The van der Waals surface area contributed by atoms with E-state index in [0.717, 1.165) is 6.07 Å². The molecule has 1 amide bonds. The molecule has 5 nitrogen and oxygen atoms in total. The minimum atomic E-state index is -0.591. The van der Waals surface area contributed by atoms with E-state index in [1.165, 1.54) is 35.2 Å². The summed E-state index contributed by atoms with van der Waals surface area (Å²) in [7, 11) is 0. The van der Waals surface area contributed by atoms with Crippen LogP contribution >= 0.6 is 34.7 Å². The Balaban J connectivity index is 1.52. The number of benzene rings is 2. The van der Waals surface area contributed by atoms with E-state index in [9.17, 15) is 14.0 Å². The fourth-order valence-electron chi connectivity index (χ4n) is 2.83. The number of halogens is 2. The highest BCUT2D eigenvalue weighted by molar-refractivity contribution is 7.99. The van der Waals surface area contributed by atoms with Crippen molar-refractivity contribution in [3.8, 4) is 5.69 Å². The zero-order valence-electron chi connectivity index (χ0n) is 15.5. The van der Waals surface area contributed by atoms with Gasteiger partial charge < -0.3 is 5.32 Å². The second-order valence-corrected chi connectivity index (χ2v) is 8.67. The maximum absolute atomic E-state index is 13.8. The Hall–Kier alpha value is -2.68. The number of fused-ring (bicyclic) bond motifs is 1. The number of nitrogens with one attached hydrogen (secondary N) is 1. The molecule has 0 atom stereocenters. The molecule has 0 aliphatic carbocycles. The molecule has 0 saturated heterocycles. The van der Waals surface area contributed by atoms with Gasteiger partial charge in [-0.05, 0) is 41.8 Å². The molecule has 0 aliphatic rings. The van der Waals surface area contributed by atoms with Crippen molar-refractivity contribution in [3.05, 3.63) is 81.2 Å². The maximum Gasteiger partial charge on any atom is 0.267 e. The number of nitrogens with zero attached hydrogens (tertiary/aromatic N) is 2. The molecule has 0 radical (unpaired) electrons. The van der Waals surface area contributed by atoms with E-state index in [2.05, 4.69) is 10.3 Å². The van der Waals surface area contributed by atoms with Gasteiger partial charge in [0.15, 0.2) is 5.16 Å². The molecule has 30 heavy (non-hydrogen) atoms. The number of carbonyl (C=O) groups is 1. The van der Waals surface area contributed by atoms with Crippen LogP contribution in [0.5, 0.6) is 0 Å². The molecule has 1 N–H and O–H groups in total. The number of thiophene rings is 1. The Labute approximate surface area is 184 Å². The Bertz CT molecular complexity index is 1270.